The molecule has 3 aromatic rings. The first-order valence-corrected chi connectivity index (χ1v) is 32.0. The van der Waals surface area contributed by atoms with Crippen LogP contribution in [0.2, 0.25) is 0 Å². The third kappa shape index (κ3) is 25.7. The molecule has 0 spiro atoms. The first kappa shape index (κ1) is 72.6. The lowest BCUT2D eigenvalue weighted by molar-refractivity contribution is -0.163. The Morgan fingerprint density at radius 2 is 0.761 bits per heavy atom. The van der Waals surface area contributed by atoms with Crippen LogP contribution in [0.15, 0.2) is 54.6 Å². The summed E-state index contributed by atoms with van der Waals surface area (Å²) in [6.07, 6.45) is 4.12. The van der Waals surface area contributed by atoms with Gasteiger partial charge in [0.05, 0.1) is 11.8 Å². The number of amides is 3. The van der Waals surface area contributed by atoms with Crippen molar-refractivity contribution in [2.24, 2.45) is 29.6 Å². The maximum absolute atomic E-state index is 14.2. The molecule has 3 aliphatic rings. The van der Waals surface area contributed by atoms with Crippen LogP contribution in [0.25, 0.3) is 0 Å². The summed E-state index contributed by atoms with van der Waals surface area (Å²) in [6.45, 7) is 45.7. The minimum Gasteiger partial charge on any atom is -0.462 e. The Balaban J connectivity index is 0.00000190. The van der Waals surface area contributed by atoms with Crippen molar-refractivity contribution in [1.82, 2.24) is 19.6 Å². The van der Waals surface area contributed by atoms with Crippen molar-refractivity contribution in [2.75, 3.05) is 39.3 Å². The monoisotopic (exact) mass is 1220 g/mol. The van der Waals surface area contributed by atoms with E-state index < -0.39 is 39.8 Å². The second-order valence-electron chi connectivity index (χ2n) is 31.2. The van der Waals surface area contributed by atoms with Crippen molar-refractivity contribution in [3.8, 4) is 0 Å². The van der Waals surface area contributed by atoms with E-state index in [0.717, 1.165) is 52.6 Å². The summed E-state index contributed by atoms with van der Waals surface area (Å²) >= 11 is 0. The first-order chi connectivity index (χ1) is 40.5. The third-order valence-electron chi connectivity index (χ3n) is 15.2. The molecular weight excluding hydrogens is 1110 g/mol. The lowest BCUT2D eigenvalue weighted by Gasteiger charge is -2.29. The van der Waals surface area contributed by atoms with Crippen molar-refractivity contribution >= 4 is 36.7 Å². The molecule has 5 atom stereocenters. The molecule has 0 unspecified atom stereocenters. The van der Waals surface area contributed by atoms with Crippen molar-refractivity contribution in [3.05, 3.63) is 105 Å². The van der Waals surface area contributed by atoms with Gasteiger partial charge < -0.3 is 43.1 Å². The lowest BCUT2D eigenvalue weighted by Crippen LogP contribution is -2.38. The predicted molar refractivity (Wildman–Crippen MR) is 346 cm³/mol. The highest BCUT2D eigenvalue weighted by atomic mass is 16.6. The minimum atomic E-state index is -0.683. The van der Waals surface area contributed by atoms with Gasteiger partial charge in [0.2, 0.25) is 0 Å². The maximum atomic E-state index is 14.2. The molecule has 0 radical (unpaired) electrons. The Labute approximate surface area is 528 Å². The largest absolute Gasteiger partial charge is 0.462 e. The number of esters is 2. The molecule has 3 saturated heterocycles. The van der Waals surface area contributed by atoms with Crippen molar-refractivity contribution < 1.29 is 57.2 Å². The fourth-order valence-corrected chi connectivity index (χ4v) is 11.9. The Kier molecular flexibility index (Phi) is 24.8. The van der Waals surface area contributed by atoms with Gasteiger partial charge >= 0.3 is 30.2 Å². The standard InChI is InChI=1S/C67H100N4O10.C5H10O2/c1-44-27-48(20-19-47-21-24-69(41-47)60(74)79-65(10,11)12)33-51(30-44)38-68(39-52-31-45(2)28-49(34-52)36-56(58(72)77-63(4,5)6)54-22-25-70(42-54)61(75)80-66(13,14)15)40-53-32-46(3)29-50(35-53)37-57(59(73)78-64(7,8)9)55-23-26-71(43-55)62(76)81-67(16,17)18;1-5(2,3)7-4-6/h27-35,47,54-57H,19-26,36-43H2,1-18H3;4H,1-3H3/t47-,54-,55-,56-,57-;/m0./s1. The van der Waals surface area contributed by atoms with Gasteiger partial charge in [-0.3, -0.25) is 19.3 Å². The number of hydrogen-bond donors (Lipinski definition) is 0. The fraction of sp³-hybridized carbons (Fsp3) is 0.667. The quantitative estimate of drug-likeness (QED) is 0.0670. The molecule has 0 aromatic heterocycles. The van der Waals surface area contributed by atoms with Gasteiger partial charge in [0.25, 0.3) is 6.47 Å². The number of benzene rings is 3. The minimum absolute atomic E-state index is 0.107. The van der Waals surface area contributed by atoms with Crippen LogP contribution < -0.4 is 0 Å². The van der Waals surface area contributed by atoms with E-state index in [9.17, 15) is 28.8 Å². The average molecular weight is 1220 g/mol. The molecular formula is C72H110N4O12. The summed E-state index contributed by atoms with van der Waals surface area (Å²) in [5.41, 5.74) is 6.67. The fourth-order valence-electron chi connectivity index (χ4n) is 11.9. The van der Waals surface area contributed by atoms with Gasteiger partial charge in [-0.1, -0.05) is 71.3 Å². The van der Waals surface area contributed by atoms with Gasteiger partial charge in [-0.2, -0.15) is 0 Å². The highest BCUT2D eigenvalue weighted by Gasteiger charge is 2.41. The number of carbonyl (C=O) groups is 6. The van der Waals surface area contributed by atoms with Crippen LogP contribution in [0.4, 0.5) is 14.4 Å². The number of ether oxygens (including phenoxy) is 6. The average Bonchev–Trinajstić information content (AvgIpc) is 2.97. The molecule has 6 rings (SSSR count). The third-order valence-corrected chi connectivity index (χ3v) is 15.2. The summed E-state index contributed by atoms with van der Waals surface area (Å²) in [7, 11) is 0. The van der Waals surface area contributed by atoms with Gasteiger partial charge in [0, 0.05) is 58.9 Å². The number of aryl methyl sites for hydroxylation is 4. The SMILES string of the molecule is CC(C)(C)OC=O.Cc1cc(CC[C@H]2CCN(C(=O)OC(C)(C)C)C2)cc(CN(Cc2cc(C)cc(C[C@H](C(=O)OC(C)(C)C)[C@H]3CCN(C(=O)OC(C)(C)C)C3)c2)Cc2cc(C)cc(C[C@H](C(=O)OC(C)(C)C)[C@H]3CCN(C(=O)OC(C)(C)C)C3)c2)c1. The first-order valence-electron chi connectivity index (χ1n) is 32.0. The maximum Gasteiger partial charge on any atom is 0.410 e. The van der Waals surface area contributed by atoms with Crippen LogP contribution in [-0.2, 0) is 81.7 Å². The van der Waals surface area contributed by atoms with Gasteiger partial charge in [-0.05, 0) is 241 Å². The van der Waals surface area contributed by atoms with E-state index >= 15 is 0 Å². The summed E-state index contributed by atoms with van der Waals surface area (Å²) in [5, 5.41) is 0. The summed E-state index contributed by atoms with van der Waals surface area (Å²) in [6, 6.07) is 20.2. The van der Waals surface area contributed by atoms with Crippen molar-refractivity contribution in [1.29, 1.82) is 0 Å². The van der Waals surface area contributed by atoms with E-state index in [4.69, 9.17) is 23.7 Å². The summed E-state index contributed by atoms with van der Waals surface area (Å²) < 4.78 is 33.9. The van der Waals surface area contributed by atoms with Gasteiger partial charge in [-0.25, -0.2) is 14.4 Å². The Bertz CT molecular complexity index is 2730. The molecule has 0 bridgehead atoms. The van der Waals surface area contributed by atoms with Gasteiger partial charge in [0.15, 0.2) is 0 Å². The second-order valence-corrected chi connectivity index (χ2v) is 31.2. The number of rotatable bonds is 18. The van der Waals surface area contributed by atoms with Crippen LogP contribution >= 0.6 is 0 Å². The molecule has 88 heavy (non-hydrogen) atoms. The van der Waals surface area contributed by atoms with Crippen LogP contribution in [-0.4, -0.2) is 129 Å². The molecule has 3 fully saturated rings. The zero-order chi connectivity index (χ0) is 65.9. The zero-order valence-corrected chi connectivity index (χ0v) is 57.7. The van der Waals surface area contributed by atoms with E-state index in [1.54, 1.807) is 9.80 Å². The van der Waals surface area contributed by atoms with Crippen LogP contribution in [0.3, 0.4) is 0 Å². The number of hydrogen-bond acceptors (Lipinski definition) is 13. The summed E-state index contributed by atoms with van der Waals surface area (Å²) in [4.78, 5) is 85.2. The topological polar surface area (TPSA) is 171 Å². The molecule has 3 aliphatic heterocycles. The van der Waals surface area contributed by atoms with Crippen LogP contribution in [0, 0.1) is 50.4 Å². The highest BCUT2D eigenvalue weighted by molar-refractivity contribution is 5.75. The predicted octanol–water partition coefficient (Wildman–Crippen LogP) is 14.5. The van der Waals surface area contributed by atoms with Gasteiger partial charge in [0.1, 0.15) is 33.6 Å². The normalized spacial score (nSPS) is 18.3. The van der Waals surface area contributed by atoms with E-state index in [2.05, 4.69) is 85.0 Å². The molecule has 3 amide bonds. The zero-order valence-electron chi connectivity index (χ0n) is 57.7. The van der Waals surface area contributed by atoms with Crippen molar-refractivity contribution in [3.63, 3.8) is 0 Å². The van der Waals surface area contributed by atoms with Gasteiger partial charge in [-0.15, -0.1) is 0 Å². The van der Waals surface area contributed by atoms with E-state index in [1.807, 2.05) is 130 Å². The Morgan fingerprint density at radius 3 is 1.09 bits per heavy atom. The van der Waals surface area contributed by atoms with Crippen LogP contribution in [0.1, 0.15) is 200 Å². The number of nitrogens with zero attached hydrogens (tertiary/aromatic N) is 4. The summed E-state index contributed by atoms with van der Waals surface area (Å²) in [5.74, 6) is -1.29. The van der Waals surface area contributed by atoms with E-state index in [-0.39, 0.29) is 47.7 Å². The molecule has 0 saturated carbocycles. The van der Waals surface area contributed by atoms with E-state index in [1.165, 1.54) is 16.7 Å². The Hall–Kier alpha value is -6.16. The Morgan fingerprint density at radius 1 is 0.443 bits per heavy atom. The molecule has 3 aromatic carbocycles. The number of likely N-dealkylation sites (tertiary alicyclic amines) is 3. The molecule has 16 heteroatoms. The smallest absolute Gasteiger partial charge is 0.410 e. The molecule has 0 N–H and O–H groups in total. The second kappa shape index (κ2) is 30.1. The number of carbonyl (C=O) groups excluding carboxylic acids is 6. The molecule has 0 aliphatic carbocycles. The van der Waals surface area contributed by atoms with E-state index in [0.29, 0.717) is 97.0 Å². The van der Waals surface area contributed by atoms with Crippen LogP contribution in [0.5, 0.6) is 0 Å². The molecule has 16 nitrogen and oxygen atoms in total. The molecule has 3 heterocycles. The lowest BCUT2D eigenvalue weighted by atomic mass is 9.85. The highest BCUT2D eigenvalue weighted by Crippen LogP contribution is 2.35. The van der Waals surface area contributed by atoms with Crippen molar-refractivity contribution in [2.45, 2.75) is 244 Å². The molecule has 490 valence electrons.